The summed E-state index contributed by atoms with van der Waals surface area (Å²) in [5.74, 6) is -1.04. The zero-order valence-corrected chi connectivity index (χ0v) is 7.30. The second kappa shape index (κ2) is 3.60. The van der Waals surface area contributed by atoms with Crippen LogP contribution in [0.2, 0.25) is 0 Å². The molecule has 0 amide bonds. The number of rotatable bonds is 2. The van der Waals surface area contributed by atoms with Gasteiger partial charge >= 0.3 is 5.97 Å². The van der Waals surface area contributed by atoms with Gasteiger partial charge in [-0.15, -0.1) is 0 Å². The van der Waals surface area contributed by atoms with E-state index < -0.39 is 17.1 Å². The standard InChI is InChI=1S/C8H8O3S/c1-12(11)7-5-3-2-4-6(7)8(9)10/h2-5H,1H3,(H,9,10)/t12-/m1/s1. The fourth-order valence-corrected chi connectivity index (χ4v) is 1.63. The molecule has 4 heteroatoms. The van der Waals surface area contributed by atoms with Crippen LogP contribution in [0, 0.1) is 0 Å². The van der Waals surface area contributed by atoms with E-state index in [1.807, 2.05) is 0 Å². The van der Waals surface area contributed by atoms with Gasteiger partial charge in [0, 0.05) is 0 Å². The normalized spacial score (nSPS) is 12.5. The maximum atomic E-state index is 11.0. The van der Waals surface area contributed by atoms with Crippen molar-refractivity contribution in [3.8, 4) is 0 Å². The molecule has 0 bridgehead atoms. The minimum Gasteiger partial charge on any atom is -0.612 e. The minimum atomic E-state index is -1.24. The number of hydrogen-bond acceptors (Lipinski definition) is 2. The molecule has 0 heterocycles. The highest BCUT2D eigenvalue weighted by molar-refractivity contribution is 7.90. The minimum absolute atomic E-state index is 0.110. The number of carboxylic acids is 1. The number of carboxylic acid groups (broad SMARTS) is 1. The molecule has 1 aromatic rings. The Morgan fingerprint density at radius 2 is 2.08 bits per heavy atom. The Bertz CT molecular complexity index is 296. The maximum absolute atomic E-state index is 11.0. The first-order chi connectivity index (χ1) is 5.63. The number of carbonyl (C=O) groups is 1. The number of benzene rings is 1. The number of hydrogen-bond donors (Lipinski definition) is 1. The summed E-state index contributed by atoms with van der Waals surface area (Å²) in [6.45, 7) is 0. The van der Waals surface area contributed by atoms with E-state index in [0.717, 1.165) is 0 Å². The predicted octanol–water partition coefficient (Wildman–Crippen LogP) is 1.12. The van der Waals surface area contributed by atoms with Crippen molar-refractivity contribution < 1.29 is 14.5 Å². The van der Waals surface area contributed by atoms with Gasteiger partial charge in [0.15, 0.2) is 4.90 Å². The fourth-order valence-electron chi connectivity index (χ4n) is 0.894. The lowest BCUT2D eigenvalue weighted by atomic mass is 10.2. The van der Waals surface area contributed by atoms with E-state index in [4.69, 9.17) is 5.11 Å². The zero-order valence-electron chi connectivity index (χ0n) is 6.48. The molecule has 0 unspecified atom stereocenters. The van der Waals surface area contributed by atoms with Gasteiger partial charge in [0.2, 0.25) is 0 Å². The molecular formula is C8H8O3S. The van der Waals surface area contributed by atoms with Crippen molar-refractivity contribution in [3.63, 3.8) is 0 Å². The molecule has 1 rings (SSSR count). The summed E-state index contributed by atoms with van der Waals surface area (Å²) < 4.78 is 11.0. The molecule has 1 atom stereocenters. The molecule has 0 spiro atoms. The van der Waals surface area contributed by atoms with Gasteiger partial charge in [-0.3, -0.25) is 0 Å². The van der Waals surface area contributed by atoms with Crippen LogP contribution in [0.1, 0.15) is 10.4 Å². The van der Waals surface area contributed by atoms with E-state index >= 15 is 0 Å². The highest BCUT2D eigenvalue weighted by Gasteiger charge is 2.15. The van der Waals surface area contributed by atoms with Crippen LogP contribution in [0.15, 0.2) is 29.2 Å². The Morgan fingerprint density at radius 1 is 1.50 bits per heavy atom. The summed E-state index contributed by atoms with van der Waals surface area (Å²) in [4.78, 5) is 11.0. The van der Waals surface area contributed by atoms with Gasteiger partial charge < -0.3 is 9.66 Å². The maximum Gasteiger partial charge on any atom is 0.340 e. The van der Waals surface area contributed by atoms with Crippen molar-refractivity contribution in [3.05, 3.63) is 29.8 Å². The molecule has 0 radical (unpaired) electrons. The van der Waals surface area contributed by atoms with E-state index in [-0.39, 0.29) is 5.56 Å². The van der Waals surface area contributed by atoms with Crippen molar-refractivity contribution in [1.82, 2.24) is 0 Å². The predicted molar refractivity (Wildman–Crippen MR) is 45.7 cm³/mol. The Hall–Kier alpha value is -1.00. The zero-order chi connectivity index (χ0) is 9.14. The molecule has 12 heavy (non-hydrogen) atoms. The van der Waals surface area contributed by atoms with Crippen LogP contribution < -0.4 is 0 Å². The van der Waals surface area contributed by atoms with Gasteiger partial charge in [0.1, 0.15) is 11.8 Å². The van der Waals surface area contributed by atoms with Crippen LogP contribution in [0.4, 0.5) is 0 Å². The lowest BCUT2D eigenvalue weighted by molar-refractivity contribution is 0.0692. The molecule has 3 nitrogen and oxygen atoms in total. The first kappa shape index (κ1) is 9.09. The lowest BCUT2D eigenvalue weighted by Crippen LogP contribution is -2.06. The third kappa shape index (κ3) is 1.78. The molecule has 0 aromatic heterocycles. The molecule has 0 aliphatic heterocycles. The van der Waals surface area contributed by atoms with Crippen molar-refractivity contribution in [2.45, 2.75) is 4.90 Å². The molecule has 0 aliphatic rings. The fraction of sp³-hybridized carbons (Fsp3) is 0.125. The summed E-state index contributed by atoms with van der Waals surface area (Å²) >= 11 is -1.24. The third-order valence-electron chi connectivity index (χ3n) is 1.43. The highest BCUT2D eigenvalue weighted by atomic mass is 32.2. The smallest absolute Gasteiger partial charge is 0.340 e. The van der Waals surface area contributed by atoms with Gasteiger partial charge in [0.25, 0.3) is 0 Å². The second-order valence-corrected chi connectivity index (χ2v) is 3.60. The van der Waals surface area contributed by atoms with Crippen LogP contribution in [0.5, 0.6) is 0 Å². The summed E-state index contributed by atoms with van der Waals surface area (Å²) in [6.07, 6.45) is 1.46. The molecule has 0 aliphatic carbocycles. The number of aromatic carboxylic acids is 1. The summed E-state index contributed by atoms with van der Waals surface area (Å²) in [7, 11) is 0. The van der Waals surface area contributed by atoms with Crippen molar-refractivity contribution in [2.75, 3.05) is 6.26 Å². The van der Waals surface area contributed by atoms with Gasteiger partial charge in [-0.25, -0.2) is 4.79 Å². The van der Waals surface area contributed by atoms with Crippen molar-refractivity contribution in [1.29, 1.82) is 0 Å². The average molecular weight is 184 g/mol. The Morgan fingerprint density at radius 3 is 2.50 bits per heavy atom. The van der Waals surface area contributed by atoms with Crippen LogP contribution in [0.25, 0.3) is 0 Å². The van der Waals surface area contributed by atoms with Crippen LogP contribution in [-0.4, -0.2) is 21.9 Å². The van der Waals surface area contributed by atoms with E-state index in [2.05, 4.69) is 0 Å². The summed E-state index contributed by atoms with van der Waals surface area (Å²) in [6, 6.07) is 6.28. The van der Waals surface area contributed by atoms with Gasteiger partial charge in [-0.1, -0.05) is 12.1 Å². The Labute approximate surface area is 73.2 Å². The topological polar surface area (TPSA) is 60.4 Å². The highest BCUT2D eigenvalue weighted by Crippen LogP contribution is 2.14. The first-order valence-corrected chi connectivity index (χ1v) is 4.84. The molecule has 0 saturated heterocycles. The first-order valence-electron chi connectivity index (χ1n) is 3.28. The Balaban J connectivity index is 3.17. The van der Waals surface area contributed by atoms with Crippen molar-refractivity contribution >= 4 is 17.1 Å². The molecular weight excluding hydrogens is 176 g/mol. The van der Waals surface area contributed by atoms with E-state index in [1.54, 1.807) is 18.2 Å². The second-order valence-electron chi connectivity index (χ2n) is 2.26. The van der Waals surface area contributed by atoms with E-state index in [1.165, 1.54) is 12.3 Å². The molecule has 0 saturated carbocycles. The molecule has 1 aromatic carbocycles. The molecule has 64 valence electrons. The van der Waals surface area contributed by atoms with Gasteiger partial charge in [-0.05, 0) is 23.3 Å². The molecule has 1 N–H and O–H groups in total. The average Bonchev–Trinajstić information content (AvgIpc) is 2.04. The van der Waals surface area contributed by atoms with Crippen LogP contribution >= 0.6 is 0 Å². The quantitative estimate of drug-likeness (QED) is 0.701. The Kier molecular flexibility index (Phi) is 2.73. The van der Waals surface area contributed by atoms with Crippen LogP contribution in [-0.2, 0) is 11.2 Å². The van der Waals surface area contributed by atoms with Gasteiger partial charge in [-0.2, -0.15) is 0 Å². The van der Waals surface area contributed by atoms with E-state index in [9.17, 15) is 9.35 Å². The van der Waals surface area contributed by atoms with E-state index in [0.29, 0.717) is 4.90 Å². The largest absolute Gasteiger partial charge is 0.612 e. The summed E-state index contributed by atoms with van der Waals surface area (Å²) in [5.41, 5.74) is 0.110. The SMILES string of the molecule is C[S@@+]([O-])c1ccccc1C(=O)O. The lowest BCUT2D eigenvalue weighted by Gasteiger charge is -2.05. The summed E-state index contributed by atoms with van der Waals surface area (Å²) in [5, 5.41) is 8.68. The van der Waals surface area contributed by atoms with Crippen molar-refractivity contribution in [2.24, 2.45) is 0 Å². The molecule has 0 fully saturated rings. The third-order valence-corrected chi connectivity index (χ3v) is 2.40. The monoisotopic (exact) mass is 184 g/mol. The van der Waals surface area contributed by atoms with Crippen LogP contribution in [0.3, 0.4) is 0 Å². The van der Waals surface area contributed by atoms with Gasteiger partial charge in [0.05, 0.1) is 0 Å².